The molecule has 0 aliphatic carbocycles. The van der Waals surface area contributed by atoms with Gasteiger partial charge in [-0.15, -0.1) is 0 Å². The molecule has 528 valence electrons. The van der Waals surface area contributed by atoms with Crippen LogP contribution in [0.15, 0.2) is 0 Å². The molecular formula is C70H136O17P2. The molecule has 17 nitrogen and oxygen atoms in total. The van der Waals surface area contributed by atoms with E-state index in [1.807, 2.05) is 0 Å². The third kappa shape index (κ3) is 64.6. The molecular weight excluding hydrogens is 1170 g/mol. The van der Waals surface area contributed by atoms with Gasteiger partial charge in [-0.25, -0.2) is 9.13 Å². The monoisotopic (exact) mass is 1310 g/mol. The lowest BCUT2D eigenvalue weighted by Gasteiger charge is -2.21. The first-order valence-corrected chi connectivity index (χ1v) is 39.2. The minimum Gasteiger partial charge on any atom is -0.462 e. The number of rotatable bonds is 67. The van der Waals surface area contributed by atoms with Gasteiger partial charge >= 0.3 is 39.5 Å². The average Bonchev–Trinajstić information content (AvgIpc) is 3.67. The normalized spacial score (nSPS) is 14.3. The molecule has 0 spiro atoms. The summed E-state index contributed by atoms with van der Waals surface area (Å²) in [6, 6.07) is 0. The van der Waals surface area contributed by atoms with E-state index in [-0.39, 0.29) is 25.7 Å². The van der Waals surface area contributed by atoms with E-state index in [1.165, 1.54) is 141 Å². The third-order valence-electron chi connectivity index (χ3n) is 16.1. The number of aliphatic hydroxyl groups excluding tert-OH is 1. The van der Waals surface area contributed by atoms with Gasteiger partial charge < -0.3 is 33.8 Å². The molecule has 0 heterocycles. The van der Waals surface area contributed by atoms with E-state index >= 15 is 0 Å². The molecule has 89 heavy (non-hydrogen) atoms. The summed E-state index contributed by atoms with van der Waals surface area (Å²) in [5, 5.41) is 10.6. The quantitative estimate of drug-likeness (QED) is 0.0222. The predicted molar refractivity (Wildman–Crippen MR) is 358 cm³/mol. The van der Waals surface area contributed by atoms with Crippen LogP contribution in [0.1, 0.15) is 344 Å². The largest absolute Gasteiger partial charge is 0.472 e. The highest BCUT2D eigenvalue weighted by molar-refractivity contribution is 7.47. The Labute approximate surface area is 543 Å². The highest BCUT2D eigenvalue weighted by Gasteiger charge is 2.30. The summed E-state index contributed by atoms with van der Waals surface area (Å²) in [5.74, 6) is 0.800. The molecule has 0 saturated carbocycles. The standard InChI is InChI=1S/C70H136O17P2/c1-60(2)46-38-30-22-16-13-11-9-10-12-14-18-25-34-42-50-67(72)80-56-65(87-70(75)53-45-37-27-21-20-24-32-40-48-62(5)6)58-84-88(76,77)82-54-64(71)55-83-89(78,79)85-59-66(57-81-68(73)51-43-35-29-28-33-41-49-63(7)8)86-69(74)52-44-36-26-19-15-17-23-31-39-47-61(3)4/h60-66,71H,9-59H2,1-8H3,(H,76,77)(H,78,79)/t64-,65-,66-/m1/s1. The van der Waals surface area contributed by atoms with Gasteiger partial charge in [-0.1, -0.05) is 293 Å². The molecule has 0 aromatic heterocycles. The van der Waals surface area contributed by atoms with Gasteiger partial charge in [-0.2, -0.15) is 0 Å². The van der Waals surface area contributed by atoms with Crippen LogP contribution in [0.3, 0.4) is 0 Å². The predicted octanol–water partition coefficient (Wildman–Crippen LogP) is 19.7. The number of ether oxygens (including phenoxy) is 4. The van der Waals surface area contributed by atoms with Crippen molar-refractivity contribution in [2.75, 3.05) is 39.6 Å². The summed E-state index contributed by atoms with van der Waals surface area (Å²) >= 11 is 0. The number of unbranched alkanes of at least 4 members (excludes halogenated alkanes) is 33. The van der Waals surface area contributed by atoms with Crippen LogP contribution in [0.4, 0.5) is 0 Å². The van der Waals surface area contributed by atoms with Gasteiger partial charge in [0, 0.05) is 25.7 Å². The number of hydrogen-bond donors (Lipinski definition) is 3. The zero-order valence-electron chi connectivity index (χ0n) is 58.1. The number of esters is 4. The first kappa shape index (κ1) is 87.1. The average molecular weight is 1310 g/mol. The summed E-state index contributed by atoms with van der Waals surface area (Å²) < 4.78 is 68.2. The minimum atomic E-state index is -4.95. The summed E-state index contributed by atoms with van der Waals surface area (Å²) in [5.41, 5.74) is 0. The van der Waals surface area contributed by atoms with Crippen molar-refractivity contribution in [3.63, 3.8) is 0 Å². The Balaban J connectivity index is 5.21. The molecule has 0 saturated heterocycles. The molecule has 3 N–H and O–H groups in total. The number of carbonyl (C=O) groups excluding carboxylic acids is 4. The maximum atomic E-state index is 13.0. The summed E-state index contributed by atoms with van der Waals surface area (Å²) in [6.07, 6.45) is 41.9. The number of hydrogen-bond acceptors (Lipinski definition) is 15. The van der Waals surface area contributed by atoms with Gasteiger partial charge in [0.05, 0.1) is 26.4 Å². The summed E-state index contributed by atoms with van der Waals surface area (Å²) in [7, 11) is -9.90. The molecule has 0 radical (unpaired) electrons. The second kappa shape index (κ2) is 59.8. The van der Waals surface area contributed by atoms with Crippen LogP contribution in [0, 0.1) is 23.7 Å². The van der Waals surface area contributed by atoms with Crippen LogP contribution in [-0.4, -0.2) is 96.7 Å². The van der Waals surface area contributed by atoms with Gasteiger partial charge in [-0.05, 0) is 49.4 Å². The summed E-state index contributed by atoms with van der Waals surface area (Å²) in [6.45, 7) is 14.0. The van der Waals surface area contributed by atoms with Gasteiger partial charge in [0.25, 0.3) is 0 Å². The lowest BCUT2D eigenvalue weighted by atomic mass is 10.0. The molecule has 0 aromatic carbocycles. The molecule has 0 aliphatic rings. The Bertz CT molecular complexity index is 1760. The molecule has 0 aliphatic heterocycles. The van der Waals surface area contributed by atoms with Crippen LogP contribution < -0.4 is 0 Å². The first-order chi connectivity index (χ1) is 42.6. The van der Waals surface area contributed by atoms with E-state index in [0.29, 0.717) is 31.6 Å². The SMILES string of the molecule is CC(C)CCCCCCCCCCCCCCCCC(=O)OC[C@H](COP(=O)(O)OC[C@@H](O)COP(=O)(O)OC[C@@H](COC(=O)CCCCCCCCC(C)C)OC(=O)CCCCCCCCCCCC(C)C)OC(=O)CCCCCCCCCCC(C)C. The van der Waals surface area contributed by atoms with Crippen molar-refractivity contribution < 1.29 is 80.2 Å². The molecule has 19 heteroatoms. The third-order valence-corrected chi connectivity index (χ3v) is 18.0. The number of aliphatic hydroxyl groups is 1. The second-order valence-electron chi connectivity index (χ2n) is 27.2. The Kier molecular flexibility index (Phi) is 58.5. The number of carbonyl (C=O) groups is 4. The van der Waals surface area contributed by atoms with E-state index in [9.17, 15) is 43.2 Å². The molecule has 0 fully saturated rings. The zero-order valence-corrected chi connectivity index (χ0v) is 59.8. The molecule has 5 atom stereocenters. The lowest BCUT2D eigenvalue weighted by molar-refractivity contribution is -0.161. The molecule has 0 rings (SSSR count). The molecule has 0 bridgehead atoms. The van der Waals surface area contributed by atoms with Gasteiger partial charge in [0.15, 0.2) is 12.2 Å². The minimum absolute atomic E-state index is 0.104. The maximum Gasteiger partial charge on any atom is 0.472 e. The van der Waals surface area contributed by atoms with Crippen molar-refractivity contribution in [1.29, 1.82) is 0 Å². The second-order valence-corrected chi connectivity index (χ2v) is 30.1. The Morgan fingerprint density at radius 3 is 0.697 bits per heavy atom. The van der Waals surface area contributed by atoms with Gasteiger partial charge in [0.1, 0.15) is 19.3 Å². The fourth-order valence-corrected chi connectivity index (χ4v) is 12.1. The molecule has 0 amide bonds. The topological polar surface area (TPSA) is 237 Å². The smallest absolute Gasteiger partial charge is 0.462 e. The van der Waals surface area contributed by atoms with Crippen LogP contribution in [0.5, 0.6) is 0 Å². The molecule has 2 unspecified atom stereocenters. The van der Waals surface area contributed by atoms with Crippen molar-refractivity contribution in [2.24, 2.45) is 23.7 Å². The maximum absolute atomic E-state index is 13.0. The fourth-order valence-electron chi connectivity index (χ4n) is 10.5. The van der Waals surface area contributed by atoms with E-state index in [0.717, 1.165) is 114 Å². The molecule has 0 aromatic rings. The van der Waals surface area contributed by atoms with Crippen LogP contribution in [0.2, 0.25) is 0 Å². The van der Waals surface area contributed by atoms with E-state index in [2.05, 4.69) is 55.4 Å². The van der Waals surface area contributed by atoms with E-state index in [4.69, 9.17) is 37.0 Å². The fraction of sp³-hybridized carbons (Fsp3) is 0.943. The summed E-state index contributed by atoms with van der Waals surface area (Å²) in [4.78, 5) is 72.5. The van der Waals surface area contributed by atoms with Crippen molar-refractivity contribution in [2.45, 2.75) is 363 Å². The van der Waals surface area contributed by atoms with Crippen LogP contribution >= 0.6 is 15.6 Å². The van der Waals surface area contributed by atoms with Crippen molar-refractivity contribution in [3.8, 4) is 0 Å². The van der Waals surface area contributed by atoms with Gasteiger partial charge in [-0.3, -0.25) is 37.3 Å². The Hall–Kier alpha value is -1.94. The Morgan fingerprint density at radius 1 is 0.281 bits per heavy atom. The van der Waals surface area contributed by atoms with Crippen molar-refractivity contribution in [3.05, 3.63) is 0 Å². The van der Waals surface area contributed by atoms with Crippen LogP contribution in [0.25, 0.3) is 0 Å². The Morgan fingerprint density at radius 2 is 0.472 bits per heavy atom. The van der Waals surface area contributed by atoms with Crippen LogP contribution in [-0.2, 0) is 65.4 Å². The highest BCUT2D eigenvalue weighted by atomic mass is 31.2. The van der Waals surface area contributed by atoms with Crippen molar-refractivity contribution in [1.82, 2.24) is 0 Å². The number of phosphoric ester groups is 2. The number of phosphoric acid groups is 2. The highest BCUT2D eigenvalue weighted by Crippen LogP contribution is 2.45. The van der Waals surface area contributed by atoms with Crippen molar-refractivity contribution >= 4 is 39.5 Å². The lowest BCUT2D eigenvalue weighted by Crippen LogP contribution is -2.30. The van der Waals surface area contributed by atoms with E-state index < -0.39 is 97.5 Å². The zero-order chi connectivity index (χ0) is 66.1. The first-order valence-electron chi connectivity index (χ1n) is 36.2. The van der Waals surface area contributed by atoms with Gasteiger partial charge in [0.2, 0.25) is 0 Å². The van der Waals surface area contributed by atoms with E-state index in [1.54, 1.807) is 0 Å².